The standard InChI is InChI=1S/C11H22N2O3S/c1-3-4-8-12-11(14)7-9-13(10-5-6-10)17(2,15)16/h10H,3-9H2,1-2H3,(H,12,14). The van der Waals surface area contributed by atoms with Crippen molar-refractivity contribution in [3.63, 3.8) is 0 Å². The highest BCUT2D eigenvalue weighted by Gasteiger charge is 2.34. The zero-order chi connectivity index (χ0) is 12.9. The number of carbonyl (C=O) groups excluding carboxylic acids is 1. The van der Waals surface area contributed by atoms with Crippen molar-refractivity contribution >= 4 is 15.9 Å². The average Bonchev–Trinajstić information content (AvgIpc) is 3.00. The Hall–Kier alpha value is -0.620. The molecule has 1 rings (SSSR count). The van der Waals surface area contributed by atoms with Crippen LogP contribution < -0.4 is 5.32 Å². The van der Waals surface area contributed by atoms with Gasteiger partial charge < -0.3 is 5.32 Å². The van der Waals surface area contributed by atoms with E-state index in [-0.39, 0.29) is 18.4 Å². The molecule has 0 atom stereocenters. The Morgan fingerprint density at radius 2 is 2.06 bits per heavy atom. The third-order valence-corrected chi connectivity index (χ3v) is 4.12. The number of nitrogens with one attached hydrogen (secondary N) is 1. The van der Waals surface area contributed by atoms with Crippen molar-refractivity contribution in [2.24, 2.45) is 0 Å². The fourth-order valence-corrected chi connectivity index (χ4v) is 2.86. The fourth-order valence-electron chi connectivity index (χ4n) is 1.69. The van der Waals surface area contributed by atoms with Gasteiger partial charge in [0.1, 0.15) is 0 Å². The quantitative estimate of drug-likeness (QED) is 0.655. The number of unbranched alkanes of at least 4 members (excludes halogenated alkanes) is 1. The maximum atomic E-state index is 11.5. The van der Waals surface area contributed by atoms with Crippen LogP contribution in [0.4, 0.5) is 0 Å². The zero-order valence-electron chi connectivity index (χ0n) is 10.6. The van der Waals surface area contributed by atoms with E-state index >= 15 is 0 Å². The summed E-state index contributed by atoms with van der Waals surface area (Å²) < 4.78 is 24.4. The Morgan fingerprint density at radius 1 is 1.41 bits per heavy atom. The molecule has 6 heteroatoms. The Labute approximate surface area is 104 Å². The molecule has 0 aromatic carbocycles. The molecule has 0 aliphatic heterocycles. The van der Waals surface area contributed by atoms with Gasteiger partial charge >= 0.3 is 0 Å². The van der Waals surface area contributed by atoms with Crippen LogP contribution in [-0.4, -0.2) is 44.0 Å². The Morgan fingerprint density at radius 3 is 2.53 bits per heavy atom. The first-order valence-corrected chi connectivity index (χ1v) is 8.03. The number of carbonyl (C=O) groups is 1. The van der Waals surface area contributed by atoms with Crippen molar-refractivity contribution in [2.45, 2.75) is 45.1 Å². The van der Waals surface area contributed by atoms with E-state index in [1.807, 2.05) is 0 Å². The lowest BCUT2D eigenvalue weighted by Gasteiger charge is -2.18. The predicted molar refractivity (Wildman–Crippen MR) is 67.1 cm³/mol. The first-order valence-electron chi connectivity index (χ1n) is 6.18. The maximum absolute atomic E-state index is 11.5. The first-order chi connectivity index (χ1) is 7.95. The summed E-state index contributed by atoms with van der Waals surface area (Å²) in [4.78, 5) is 11.5. The minimum absolute atomic E-state index is 0.0623. The molecule has 17 heavy (non-hydrogen) atoms. The second kappa shape index (κ2) is 6.35. The van der Waals surface area contributed by atoms with Crippen molar-refractivity contribution in [1.82, 2.24) is 9.62 Å². The summed E-state index contributed by atoms with van der Waals surface area (Å²) in [7, 11) is -3.17. The SMILES string of the molecule is CCCCNC(=O)CCN(C1CC1)S(C)(=O)=O. The van der Waals surface area contributed by atoms with E-state index in [9.17, 15) is 13.2 Å². The summed E-state index contributed by atoms with van der Waals surface area (Å²) in [6, 6.07) is 0.133. The van der Waals surface area contributed by atoms with E-state index in [1.165, 1.54) is 10.6 Å². The number of amides is 1. The molecule has 0 aromatic rings. The van der Waals surface area contributed by atoms with Crippen LogP contribution in [0.15, 0.2) is 0 Å². The zero-order valence-corrected chi connectivity index (χ0v) is 11.4. The third kappa shape index (κ3) is 5.50. The van der Waals surface area contributed by atoms with Gasteiger partial charge in [-0.15, -0.1) is 0 Å². The van der Waals surface area contributed by atoms with Gasteiger partial charge in [-0.05, 0) is 19.3 Å². The summed E-state index contributed by atoms with van der Waals surface area (Å²) in [6.07, 6.45) is 5.31. The maximum Gasteiger partial charge on any atom is 0.221 e. The van der Waals surface area contributed by atoms with Crippen LogP contribution >= 0.6 is 0 Å². The minimum atomic E-state index is -3.17. The van der Waals surface area contributed by atoms with Gasteiger partial charge in [0.25, 0.3) is 0 Å². The van der Waals surface area contributed by atoms with E-state index < -0.39 is 10.0 Å². The summed E-state index contributed by atoms with van der Waals surface area (Å²) >= 11 is 0. The lowest BCUT2D eigenvalue weighted by Crippen LogP contribution is -2.36. The van der Waals surface area contributed by atoms with Crippen LogP contribution in [0.1, 0.15) is 39.0 Å². The second-order valence-corrected chi connectivity index (χ2v) is 6.49. The van der Waals surface area contributed by atoms with Gasteiger partial charge in [0, 0.05) is 25.6 Å². The molecule has 5 nitrogen and oxygen atoms in total. The molecule has 0 bridgehead atoms. The van der Waals surface area contributed by atoms with Crippen LogP contribution in [0.2, 0.25) is 0 Å². The molecule has 1 fully saturated rings. The number of sulfonamides is 1. The Balaban J connectivity index is 2.30. The third-order valence-electron chi connectivity index (χ3n) is 2.79. The lowest BCUT2D eigenvalue weighted by molar-refractivity contribution is -0.121. The minimum Gasteiger partial charge on any atom is -0.356 e. The fraction of sp³-hybridized carbons (Fsp3) is 0.909. The van der Waals surface area contributed by atoms with Crippen molar-refractivity contribution in [3.8, 4) is 0 Å². The van der Waals surface area contributed by atoms with E-state index in [1.54, 1.807) is 0 Å². The van der Waals surface area contributed by atoms with Gasteiger partial charge in [-0.3, -0.25) is 4.79 Å². The molecule has 0 unspecified atom stereocenters. The molecule has 0 radical (unpaired) electrons. The van der Waals surface area contributed by atoms with Crippen molar-refractivity contribution < 1.29 is 13.2 Å². The first kappa shape index (κ1) is 14.4. The molecule has 0 heterocycles. The van der Waals surface area contributed by atoms with Crippen LogP contribution in [0.25, 0.3) is 0 Å². The average molecular weight is 262 g/mol. The monoisotopic (exact) mass is 262 g/mol. The van der Waals surface area contributed by atoms with E-state index in [2.05, 4.69) is 12.2 Å². The molecule has 0 spiro atoms. The molecule has 0 aromatic heterocycles. The van der Waals surface area contributed by atoms with E-state index in [0.29, 0.717) is 13.1 Å². The smallest absolute Gasteiger partial charge is 0.221 e. The molecule has 1 saturated carbocycles. The molecular weight excluding hydrogens is 240 g/mol. The lowest BCUT2D eigenvalue weighted by atomic mass is 10.3. The van der Waals surface area contributed by atoms with Crippen molar-refractivity contribution in [3.05, 3.63) is 0 Å². The van der Waals surface area contributed by atoms with Crippen LogP contribution in [0.3, 0.4) is 0 Å². The van der Waals surface area contributed by atoms with Gasteiger partial charge in [-0.25, -0.2) is 8.42 Å². The number of nitrogens with zero attached hydrogens (tertiary/aromatic N) is 1. The molecule has 1 aliphatic carbocycles. The van der Waals surface area contributed by atoms with Gasteiger partial charge in [0.15, 0.2) is 0 Å². The molecular formula is C11H22N2O3S. The largest absolute Gasteiger partial charge is 0.356 e. The summed E-state index contributed by atoms with van der Waals surface area (Å²) in [5.74, 6) is -0.0623. The molecule has 0 saturated heterocycles. The topological polar surface area (TPSA) is 66.5 Å². The molecule has 1 N–H and O–H groups in total. The van der Waals surface area contributed by atoms with Gasteiger partial charge in [-0.2, -0.15) is 4.31 Å². The molecule has 1 aliphatic rings. The van der Waals surface area contributed by atoms with Crippen molar-refractivity contribution in [2.75, 3.05) is 19.3 Å². The van der Waals surface area contributed by atoms with E-state index in [4.69, 9.17) is 0 Å². The van der Waals surface area contributed by atoms with Gasteiger partial charge in [0.2, 0.25) is 15.9 Å². The normalized spacial score (nSPS) is 16.2. The summed E-state index contributed by atoms with van der Waals surface area (Å²) in [5, 5.41) is 2.79. The molecule has 100 valence electrons. The van der Waals surface area contributed by atoms with Crippen LogP contribution in [0.5, 0.6) is 0 Å². The summed E-state index contributed by atoms with van der Waals surface area (Å²) in [6.45, 7) is 3.05. The number of rotatable bonds is 8. The van der Waals surface area contributed by atoms with Crippen LogP contribution in [-0.2, 0) is 14.8 Å². The number of hydrogen-bond donors (Lipinski definition) is 1. The summed E-state index contributed by atoms with van der Waals surface area (Å²) in [5.41, 5.74) is 0. The van der Waals surface area contributed by atoms with Crippen molar-refractivity contribution in [1.29, 1.82) is 0 Å². The highest BCUT2D eigenvalue weighted by atomic mass is 32.2. The Bertz CT molecular complexity index is 350. The highest BCUT2D eigenvalue weighted by molar-refractivity contribution is 7.88. The van der Waals surface area contributed by atoms with Crippen LogP contribution in [0, 0.1) is 0 Å². The van der Waals surface area contributed by atoms with Gasteiger partial charge in [-0.1, -0.05) is 13.3 Å². The number of hydrogen-bond acceptors (Lipinski definition) is 3. The highest BCUT2D eigenvalue weighted by Crippen LogP contribution is 2.28. The Kier molecular flexibility index (Phi) is 5.39. The van der Waals surface area contributed by atoms with Gasteiger partial charge in [0.05, 0.1) is 6.26 Å². The second-order valence-electron chi connectivity index (χ2n) is 4.56. The van der Waals surface area contributed by atoms with E-state index in [0.717, 1.165) is 25.7 Å². The predicted octanol–water partition coefficient (Wildman–Crippen LogP) is 0.717. The molecule has 1 amide bonds.